The minimum absolute atomic E-state index is 0.0376. The van der Waals surface area contributed by atoms with Crippen molar-refractivity contribution in [1.29, 1.82) is 0 Å². The molecule has 4 aliphatic carbocycles. The normalized spacial score (nSPS) is 19.2. The van der Waals surface area contributed by atoms with E-state index in [1.165, 1.54) is 143 Å². The van der Waals surface area contributed by atoms with Gasteiger partial charge in [-0.25, -0.2) is 24.4 Å². The summed E-state index contributed by atoms with van der Waals surface area (Å²) in [7, 11) is 0.864. The largest absolute Gasteiger partial charge is 0.477 e. The molecule has 12 nitrogen and oxygen atoms in total. The molecule has 0 radical (unpaired) electrons. The lowest BCUT2D eigenvalue weighted by molar-refractivity contribution is -0.182. The van der Waals surface area contributed by atoms with Crippen molar-refractivity contribution in [1.82, 2.24) is 19.1 Å². The van der Waals surface area contributed by atoms with Crippen LogP contribution in [-0.2, 0) is 56.4 Å². The van der Waals surface area contributed by atoms with Crippen LogP contribution in [0, 0.1) is 23.7 Å². The third-order valence-corrected chi connectivity index (χ3v) is 21.4. The number of carbonyl (C=O) groups excluding carboxylic acids is 2. The van der Waals surface area contributed by atoms with Crippen molar-refractivity contribution in [3.63, 3.8) is 0 Å². The highest BCUT2D eigenvalue weighted by Gasteiger charge is 2.41. The zero-order chi connectivity index (χ0) is 62.0. The molecule has 10 rings (SSSR count). The standard InChI is InChI=1S/C16H26F2O2.2C14H21OS.C13H24O.C7H6N4O.C3H4F2O2/c1-16(17,18)15(19)20-14(12-8-4-2-5-9-12)13-10-6-3-7-11-13;2*1-14(2,3)12-4-6-13(7-5-12)16-10-8-15-9-11-16;14-13(11-7-3-1-4-8-11)12-9-5-2-6-10-12;12-7(10-3-1-8-5-10)11-4-2-9-6-11;1-3(4,5)2(6)7/h12-14H,2-11H2,1H3;2*4-7H,8-11H2,1-3H3;11-14H,1-10H2;1-6H;1H3,(H,6,7)/q;2*+1;;;. The van der Waals surface area contributed by atoms with Crippen molar-refractivity contribution < 1.29 is 56.4 Å². The summed E-state index contributed by atoms with van der Waals surface area (Å²) >= 11 is 0. The van der Waals surface area contributed by atoms with Gasteiger partial charge in [-0.05, 0) is 121 Å². The summed E-state index contributed by atoms with van der Waals surface area (Å²) in [6.07, 6.45) is 33.3. The van der Waals surface area contributed by atoms with Crippen LogP contribution in [0.4, 0.5) is 22.4 Å². The number of benzene rings is 2. The van der Waals surface area contributed by atoms with Gasteiger partial charge < -0.3 is 24.4 Å². The predicted molar refractivity (Wildman–Crippen MR) is 334 cm³/mol. The van der Waals surface area contributed by atoms with Gasteiger partial charge >= 0.3 is 29.8 Å². The number of aromatic nitrogens is 4. The smallest absolute Gasteiger partial charge is 0.376 e. The summed E-state index contributed by atoms with van der Waals surface area (Å²) in [5.74, 6) is -3.70. The molecular formula is C67H102F4N4O8S2+2. The average molecular weight is 1230 g/mol. The Morgan fingerprint density at radius 1 is 0.518 bits per heavy atom. The molecule has 85 heavy (non-hydrogen) atoms. The number of aliphatic carboxylic acids is 1. The molecule has 476 valence electrons. The minimum Gasteiger partial charge on any atom is -0.477 e. The van der Waals surface area contributed by atoms with Gasteiger partial charge in [0, 0.05) is 60.4 Å². The highest BCUT2D eigenvalue weighted by Crippen LogP contribution is 2.39. The molecule has 0 spiro atoms. The lowest BCUT2D eigenvalue weighted by Gasteiger charge is -2.37. The molecule has 4 saturated carbocycles. The molecule has 6 fully saturated rings. The summed E-state index contributed by atoms with van der Waals surface area (Å²) in [6.45, 7) is 18.3. The zero-order valence-corrected chi connectivity index (χ0v) is 53.9. The van der Waals surface area contributed by atoms with Gasteiger partial charge in [0.05, 0.1) is 32.5 Å². The molecule has 4 heterocycles. The second-order valence-corrected chi connectivity index (χ2v) is 30.4. The Kier molecular flexibility index (Phi) is 30.0. The Morgan fingerprint density at radius 3 is 1.08 bits per heavy atom. The van der Waals surface area contributed by atoms with Gasteiger partial charge in [-0.1, -0.05) is 143 Å². The number of rotatable bonds is 9. The summed E-state index contributed by atoms with van der Waals surface area (Å²) < 4.78 is 67.6. The van der Waals surface area contributed by atoms with Gasteiger partial charge in [0.1, 0.15) is 41.8 Å². The van der Waals surface area contributed by atoms with Gasteiger partial charge in [-0.3, -0.25) is 9.13 Å². The monoisotopic (exact) mass is 1230 g/mol. The SMILES string of the molecule is CC(C)(C)c1ccc([S+]2CCOCC2)cc1.CC(C)(C)c1ccc([S+]2CCOCC2)cc1.CC(F)(F)C(=O)O.CC(F)(F)C(=O)OC(C1CCCCC1)C1CCCCC1.O=C(n1ccnc1)n1ccnc1.OC(C1CCCCC1)C1CCCCC1. The van der Waals surface area contributed by atoms with E-state index >= 15 is 0 Å². The Morgan fingerprint density at radius 2 is 0.824 bits per heavy atom. The van der Waals surface area contributed by atoms with Crippen LogP contribution in [0.3, 0.4) is 0 Å². The number of carboxylic acids is 1. The highest BCUT2D eigenvalue weighted by molar-refractivity contribution is 7.97. The number of carbonyl (C=O) groups is 3. The lowest BCUT2D eigenvalue weighted by atomic mass is 9.75. The van der Waals surface area contributed by atoms with Gasteiger partial charge in [0.15, 0.2) is 9.79 Å². The lowest BCUT2D eigenvalue weighted by Crippen LogP contribution is -2.40. The summed E-state index contributed by atoms with van der Waals surface area (Å²) in [5, 5.41) is 17.8. The summed E-state index contributed by atoms with van der Waals surface area (Å²) in [6, 6.07) is 18.2. The maximum Gasteiger partial charge on any atom is 0.376 e. The fourth-order valence-corrected chi connectivity index (χ4v) is 15.4. The van der Waals surface area contributed by atoms with E-state index in [4.69, 9.17) is 19.3 Å². The van der Waals surface area contributed by atoms with E-state index < -0.39 is 23.8 Å². The number of carboxylic acid groups (broad SMARTS) is 1. The maximum absolute atomic E-state index is 13.1. The molecule has 6 aliphatic rings. The number of imidazole rings is 2. The van der Waals surface area contributed by atoms with Crippen LogP contribution in [0.25, 0.3) is 0 Å². The van der Waals surface area contributed by atoms with Crippen molar-refractivity contribution >= 4 is 39.8 Å². The van der Waals surface area contributed by atoms with E-state index in [0.717, 1.165) is 77.8 Å². The van der Waals surface area contributed by atoms with Gasteiger partial charge in [-0.15, -0.1) is 0 Å². The first-order chi connectivity index (χ1) is 40.3. The number of esters is 1. The summed E-state index contributed by atoms with van der Waals surface area (Å²) in [4.78, 5) is 42.8. The van der Waals surface area contributed by atoms with Crippen molar-refractivity contribution in [3.05, 3.63) is 97.1 Å². The third-order valence-electron chi connectivity index (χ3n) is 16.9. The van der Waals surface area contributed by atoms with E-state index in [-0.39, 0.29) is 40.9 Å². The molecule has 0 unspecified atom stereocenters. The second kappa shape index (κ2) is 35.7. The van der Waals surface area contributed by atoms with Crippen LogP contribution in [-0.4, -0.2) is 121 Å². The molecule has 0 bridgehead atoms. The molecule has 2 saturated heterocycles. The quantitative estimate of drug-likeness (QED) is 0.0940. The van der Waals surface area contributed by atoms with E-state index in [1.807, 2.05) is 0 Å². The minimum atomic E-state index is -3.58. The van der Waals surface area contributed by atoms with Crippen LogP contribution in [0.5, 0.6) is 0 Å². The number of aliphatic hydroxyl groups excluding tert-OH is 1. The van der Waals surface area contributed by atoms with Crippen molar-refractivity contribution in [2.24, 2.45) is 23.7 Å². The van der Waals surface area contributed by atoms with E-state index in [9.17, 15) is 37.1 Å². The Hall–Kier alpha value is -4.23. The van der Waals surface area contributed by atoms with Crippen LogP contribution in [0.1, 0.15) is 195 Å². The van der Waals surface area contributed by atoms with Gasteiger partial charge in [0.25, 0.3) is 0 Å². The average Bonchev–Trinajstić information content (AvgIpc) is 4.36. The second-order valence-electron chi connectivity index (χ2n) is 25.8. The Balaban J connectivity index is 0.000000190. The summed E-state index contributed by atoms with van der Waals surface area (Å²) in [5.41, 5.74) is 3.37. The van der Waals surface area contributed by atoms with Crippen molar-refractivity contribution in [2.45, 2.75) is 228 Å². The highest BCUT2D eigenvalue weighted by atomic mass is 32.2. The number of nitrogens with zero attached hydrogens (tertiary/aromatic N) is 4. The van der Waals surface area contributed by atoms with E-state index in [0.29, 0.717) is 47.5 Å². The molecule has 2 aromatic heterocycles. The first-order valence-electron chi connectivity index (χ1n) is 31.4. The Bertz CT molecular complexity index is 2320. The molecule has 2 aromatic carbocycles. The van der Waals surface area contributed by atoms with Crippen molar-refractivity contribution in [2.75, 3.05) is 49.4 Å². The van der Waals surface area contributed by atoms with Crippen LogP contribution in [0.2, 0.25) is 0 Å². The Labute approximate surface area is 511 Å². The van der Waals surface area contributed by atoms with E-state index in [2.05, 4.69) is 100 Å². The molecule has 2 N–H and O–H groups in total. The topological polar surface area (TPSA) is 155 Å². The van der Waals surface area contributed by atoms with Crippen LogP contribution in [0.15, 0.2) is 95.8 Å². The maximum atomic E-state index is 13.1. The number of alkyl halides is 4. The molecular weight excluding hydrogens is 1130 g/mol. The molecule has 18 heteroatoms. The zero-order valence-electron chi connectivity index (χ0n) is 52.3. The number of hydrogen-bond donors (Lipinski definition) is 2. The first kappa shape index (κ1) is 71.5. The van der Waals surface area contributed by atoms with Gasteiger partial charge in [-0.2, -0.15) is 17.6 Å². The van der Waals surface area contributed by atoms with Crippen LogP contribution < -0.4 is 0 Å². The predicted octanol–water partition coefficient (Wildman–Crippen LogP) is 15.5. The molecule has 0 atom stereocenters. The molecule has 4 aromatic rings. The third kappa shape index (κ3) is 25.4. The van der Waals surface area contributed by atoms with Gasteiger partial charge in [0.2, 0.25) is 0 Å². The number of ether oxygens (including phenoxy) is 3. The van der Waals surface area contributed by atoms with Crippen molar-refractivity contribution in [3.8, 4) is 0 Å². The van der Waals surface area contributed by atoms with E-state index in [1.54, 1.807) is 24.8 Å². The molecule has 2 aliphatic heterocycles. The fraction of sp³-hybridized carbons (Fsp3) is 0.687. The fourth-order valence-electron chi connectivity index (χ4n) is 11.8. The molecule has 0 amide bonds. The van der Waals surface area contributed by atoms with Crippen LogP contribution >= 0.6 is 0 Å². The number of hydrogen-bond acceptors (Lipinski definition) is 9. The number of aliphatic hydroxyl groups is 1. The number of halogens is 4. The first-order valence-corrected chi connectivity index (χ1v) is 34.6.